The van der Waals surface area contributed by atoms with Gasteiger partial charge < -0.3 is 9.47 Å². The molecule has 0 atom stereocenters. The van der Waals surface area contributed by atoms with E-state index in [1.807, 2.05) is 0 Å². The van der Waals surface area contributed by atoms with Gasteiger partial charge >= 0.3 is 18.7 Å². The van der Waals surface area contributed by atoms with Gasteiger partial charge in [-0.1, -0.05) is 18.2 Å². The molecule has 0 aliphatic rings. The van der Waals surface area contributed by atoms with Gasteiger partial charge in [-0.3, -0.25) is 0 Å². The molecule has 0 aliphatic heterocycles. The Balaban J connectivity index is 1.90. The van der Waals surface area contributed by atoms with Crippen LogP contribution < -0.4 is 9.47 Å². The molecule has 3 rings (SSSR count). The molecular weight excluding hydrogens is 436 g/mol. The Bertz CT molecular complexity index is 1060. The van der Waals surface area contributed by atoms with Crippen molar-refractivity contribution in [1.29, 1.82) is 0 Å². The van der Waals surface area contributed by atoms with Gasteiger partial charge in [0.05, 0.1) is 5.56 Å². The number of alkyl halides is 7. The average molecular weight is 448 g/mol. The third kappa shape index (κ3) is 5.44. The molecule has 0 N–H and O–H groups in total. The van der Waals surface area contributed by atoms with E-state index in [1.165, 1.54) is 36.4 Å². The van der Waals surface area contributed by atoms with Crippen LogP contribution in [0.4, 0.5) is 35.1 Å². The molecule has 0 radical (unpaired) electrons. The summed E-state index contributed by atoms with van der Waals surface area (Å²) in [5.41, 5.74) is -1.50. The third-order valence-corrected chi connectivity index (χ3v) is 3.98. The van der Waals surface area contributed by atoms with Gasteiger partial charge in [0.25, 0.3) is 0 Å². The molecule has 0 amide bonds. The Hall–Kier alpha value is -3.30. The SMILES string of the molecule is Fc1ccc(C(F)(F)F)c(-c2cccc(Oc3cccc(OC(F)(F)C(F)F)c3)c2)c1. The molecule has 0 saturated heterocycles. The van der Waals surface area contributed by atoms with Crippen molar-refractivity contribution in [2.24, 2.45) is 0 Å². The largest absolute Gasteiger partial charge is 0.461 e. The Morgan fingerprint density at radius 3 is 1.97 bits per heavy atom. The van der Waals surface area contributed by atoms with E-state index in [9.17, 15) is 35.1 Å². The van der Waals surface area contributed by atoms with Crippen LogP contribution in [0.2, 0.25) is 0 Å². The minimum Gasteiger partial charge on any atom is -0.457 e. The van der Waals surface area contributed by atoms with Gasteiger partial charge in [-0.05, 0) is 53.6 Å². The quantitative estimate of drug-likeness (QED) is 0.363. The molecule has 0 aliphatic carbocycles. The van der Waals surface area contributed by atoms with E-state index in [-0.39, 0.29) is 17.1 Å². The van der Waals surface area contributed by atoms with Crippen LogP contribution in [0.15, 0.2) is 66.7 Å². The zero-order valence-electron chi connectivity index (χ0n) is 15.3. The van der Waals surface area contributed by atoms with E-state index in [0.717, 1.165) is 18.2 Å². The minimum absolute atomic E-state index is 0.00680. The van der Waals surface area contributed by atoms with Crippen molar-refractivity contribution in [3.05, 3.63) is 78.1 Å². The fraction of sp³-hybridized carbons (Fsp3) is 0.143. The topological polar surface area (TPSA) is 18.5 Å². The van der Waals surface area contributed by atoms with Crippen molar-refractivity contribution in [1.82, 2.24) is 0 Å². The second kappa shape index (κ2) is 8.44. The molecule has 0 spiro atoms. The van der Waals surface area contributed by atoms with E-state index in [1.54, 1.807) is 0 Å². The summed E-state index contributed by atoms with van der Waals surface area (Å²) in [5.74, 6) is -1.59. The maximum absolute atomic E-state index is 13.6. The van der Waals surface area contributed by atoms with Gasteiger partial charge in [0.15, 0.2) is 0 Å². The second-order valence-electron chi connectivity index (χ2n) is 6.26. The lowest BCUT2D eigenvalue weighted by molar-refractivity contribution is -0.253. The standard InChI is InChI=1S/C21H12F8O2/c22-13-7-8-18(20(25,26)27)17(10-13)12-3-1-4-14(9-12)30-15-5-2-6-16(11-15)31-21(28,29)19(23)24/h1-11,19H. The summed E-state index contributed by atoms with van der Waals surface area (Å²) in [6, 6.07) is 11.6. The van der Waals surface area contributed by atoms with Crippen molar-refractivity contribution in [2.75, 3.05) is 0 Å². The van der Waals surface area contributed by atoms with Crippen LogP contribution >= 0.6 is 0 Å². The first-order valence-electron chi connectivity index (χ1n) is 8.56. The van der Waals surface area contributed by atoms with Crippen LogP contribution in [0.3, 0.4) is 0 Å². The maximum Gasteiger partial charge on any atom is 0.461 e. The highest BCUT2D eigenvalue weighted by molar-refractivity contribution is 5.69. The molecule has 0 bridgehead atoms. The molecule has 2 nitrogen and oxygen atoms in total. The average Bonchev–Trinajstić information content (AvgIpc) is 2.67. The van der Waals surface area contributed by atoms with Gasteiger partial charge in [0.2, 0.25) is 0 Å². The number of hydrogen-bond donors (Lipinski definition) is 0. The van der Waals surface area contributed by atoms with Crippen LogP contribution in [0.25, 0.3) is 11.1 Å². The van der Waals surface area contributed by atoms with Gasteiger partial charge in [0.1, 0.15) is 23.1 Å². The monoisotopic (exact) mass is 448 g/mol. The number of rotatable bonds is 6. The molecule has 3 aromatic carbocycles. The summed E-state index contributed by atoms with van der Waals surface area (Å²) < 4.78 is 113. The maximum atomic E-state index is 13.6. The number of benzene rings is 3. The summed E-state index contributed by atoms with van der Waals surface area (Å²) in [6.45, 7) is 0. The Morgan fingerprint density at radius 2 is 1.32 bits per heavy atom. The first-order chi connectivity index (χ1) is 14.5. The Labute approximate surface area is 170 Å². The summed E-state index contributed by atoms with van der Waals surface area (Å²) in [6.07, 6.45) is -13.5. The zero-order valence-corrected chi connectivity index (χ0v) is 15.3. The Morgan fingerprint density at radius 1 is 0.710 bits per heavy atom. The predicted molar refractivity (Wildman–Crippen MR) is 94.9 cm³/mol. The van der Waals surface area contributed by atoms with E-state index in [0.29, 0.717) is 12.1 Å². The predicted octanol–water partition coefficient (Wildman–Crippen LogP) is 7.54. The fourth-order valence-corrected chi connectivity index (χ4v) is 2.67. The van der Waals surface area contributed by atoms with E-state index >= 15 is 0 Å². The van der Waals surface area contributed by atoms with Crippen LogP contribution in [-0.2, 0) is 6.18 Å². The number of halogens is 8. The van der Waals surface area contributed by atoms with Crippen molar-refractivity contribution >= 4 is 0 Å². The van der Waals surface area contributed by atoms with Gasteiger partial charge in [-0.15, -0.1) is 0 Å². The lowest BCUT2D eigenvalue weighted by Gasteiger charge is -2.17. The molecule has 0 saturated carbocycles. The normalized spacial score (nSPS) is 12.2. The minimum atomic E-state index is -4.73. The highest BCUT2D eigenvalue weighted by Crippen LogP contribution is 2.39. The lowest BCUT2D eigenvalue weighted by atomic mass is 9.99. The summed E-state index contributed by atoms with van der Waals surface area (Å²) in [5, 5.41) is 0. The van der Waals surface area contributed by atoms with Crippen molar-refractivity contribution in [3.8, 4) is 28.4 Å². The smallest absolute Gasteiger partial charge is 0.457 e. The molecule has 31 heavy (non-hydrogen) atoms. The summed E-state index contributed by atoms with van der Waals surface area (Å²) in [7, 11) is 0. The summed E-state index contributed by atoms with van der Waals surface area (Å²) in [4.78, 5) is 0. The van der Waals surface area contributed by atoms with Crippen molar-refractivity contribution < 1.29 is 44.6 Å². The van der Waals surface area contributed by atoms with Crippen LogP contribution in [0.5, 0.6) is 17.2 Å². The van der Waals surface area contributed by atoms with Crippen LogP contribution in [0.1, 0.15) is 5.56 Å². The van der Waals surface area contributed by atoms with E-state index in [2.05, 4.69) is 4.74 Å². The lowest BCUT2D eigenvalue weighted by Crippen LogP contribution is -2.33. The second-order valence-corrected chi connectivity index (χ2v) is 6.26. The molecule has 0 unspecified atom stereocenters. The first kappa shape index (κ1) is 22.4. The van der Waals surface area contributed by atoms with Gasteiger partial charge in [0, 0.05) is 6.07 Å². The Kier molecular flexibility index (Phi) is 6.10. The number of hydrogen-bond acceptors (Lipinski definition) is 2. The molecule has 0 fully saturated rings. The van der Waals surface area contributed by atoms with E-state index < -0.39 is 41.4 Å². The fourth-order valence-electron chi connectivity index (χ4n) is 2.67. The highest BCUT2D eigenvalue weighted by atomic mass is 19.4. The molecular formula is C21H12F8O2. The van der Waals surface area contributed by atoms with Gasteiger partial charge in [-0.2, -0.15) is 30.7 Å². The molecule has 0 heterocycles. The van der Waals surface area contributed by atoms with Crippen LogP contribution in [0, 0.1) is 5.82 Å². The molecule has 3 aromatic rings. The summed E-state index contributed by atoms with van der Waals surface area (Å²) >= 11 is 0. The van der Waals surface area contributed by atoms with Crippen molar-refractivity contribution in [3.63, 3.8) is 0 Å². The highest BCUT2D eigenvalue weighted by Gasteiger charge is 2.44. The van der Waals surface area contributed by atoms with Crippen LogP contribution in [-0.4, -0.2) is 12.5 Å². The van der Waals surface area contributed by atoms with Crippen molar-refractivity contribution in [2.45, 2.75) is 18.7 Å². The zero-order chi connectivity index (χ0) is 22.8. The number of ether oxygens (including phenoxy) is 2. The molecule has 164 valence electrons. The third-order valence-electron chi connectivity index (χ3n) is 3.98. The molecule has 10 heteroatoms. The molecule has 0 aromatic heterocycles. The van der Waals surface area contributed by atoms with E-state index in [4.69, 9.17) is 4.74 Å². The first-order valence-corrected chi connectivity index (χ1v) is 8.56. The van der Waals surface area contributed by atoms with Gasteiger partial charge in [-0.25, -0.2) is 4.39 Å².